The maximum Gasteiger partial charge on any atom is 0.323 e. The number of carbonyl (C=O) groups excluding carboxylic acids is 1. The highest BCUT2D eigenvalue weighted by Gasteiger charge is 2.07. The number of anilines is 4. The van der Waals surface area contributed by atoms with Crippen molar-refractivity contribution in [2.75, 3.05) is 16.0 Å². The fraction of sp³-hybridized carbons (Fsp3) is 0.0417. The number of rotatable bonds is 5. The minimum Gasteiger partial charge on any atom is -0.340 e. The van der Waals surface area contributed by atoms with E-state index in [2.05, 4.69) is 25.9 Å². The number of urea groups is 1. The first-order valence-electron chi connectivity index (χ1n) is 9.57. The number of hydrogen-bond acceptors (Lipinski definition) is 4. The van der Waals surface area contributed by atoms with Gasteiger partial charge < -0.3 is 16.0 Å². The Labute approximate surface area is 175 Å². The molecule has 148 valence electrons. The molecule has 0 fully saturated rings. The van der Waals surface area contributed by atoms with Crippen LogP contribution < -0.4 is 16.0 Å². The summed E-state index contributed by atoms with van der Waals surface area (Å²) >= 11 is 0. The van der Waals surface area contributed by atoms with E-state index in [1.54, 1.807) is 0 Å². The highest BCUT2D eigenvalue weighted by atomic mass is 16.2. The number of hydrogen-bond donors (Lipinski definition) is 3. The van der Waals surface area contributed by atoms with Crippen LogP contribution in [0, 0.1) is 6.92 Å². The SMILES string of the molecule is Cc1nc(Nc2cccc(NC(=O)Nc3ccccc3)c2)cc(-c2ccccc2)n1. The third-order valence-corrected chi connectivity index (χ3v) is 4.33. The zero-order valence-corrected chi connectivity index (χ0v) is 16.5. The first-order valence-corrected chi connectivity index (χ1v) is 9.57. The molecule has 0 radical (unpaired) electrons. The van der Waals surface area contributed by atoms with Gasteiger partial charge in [0.1, 0.15) is 11.6 Å². The molecule has 3 N–H and O–H groups in total. The van der Waals surface area contributed by atoms with Crippen LogP contribution in [-0.2, 0) is 0 Å². The van der Waals surface area contributed by atoms with Gasteiger partial charge in [-0.2, -0.15) is 0 Å². The van der Waals surface area contributed by atoms with Gasteiger partial charge >= 0.3 is 6.03 Å². The van der Waals surface area contributed by atoms with Crippen molar-refractivity contribution in [3.63, 3.8) is 0 Å². The van der Waals surface area contributed by atoms with E-state index in [1.807, 2.05) is 97.9 Å². The number of aryl methyl sites for hydroxylation is 1. The second kappa shape index (κ2) is 8.87. The topological polar surface area (TPSA) is 78.9 Å². The number of carbonyl (C=O) groups is 1. The molecule has 1 heterocycles. The van der Waals surface area contributed by atoms with E-state index >= 15 is 0 Å². The predicted molar refractivity (Wildman–Crippen MR) is 121 cm³/mol. The van der Waals surface area contributed by atoms with Crippen LogP contribution in [-0.4, -0.2) is 16.0 Å². The van der Waals surface area contributed by atoms with Gasteiger partial charge in [0, 0.05) is 28.7 Å². The lowest BCUT2D eigenvalue weighted by Gasteiger charge is -2.11. The van der Waals surface area contributed by atoms with Gasteiger partial charge in [0.25, 0.3) is 0 Å². The molecule has 0 unspecified atom stereocenters. The van der Waals surface area contributed by atoms with Crippen molar-refractivity contribution >= 4 is 28.9 Å². The zero-order valence-electron chi connectivity index (χ0n) is 16.5. The van der Waals surface area contributed by atoms with Crippen molar-refractivity contribution in [2.45, 2.75) is 6.92 Å². The van der Waals surface area contributed by atoms with Gasteiger partial charge in [-0.25, -0.2) is 14.8 Å². The van der Waals surface area contributed by atoms with Crippen LogP contribution in [0.2, 0.25) is 0 Å². The molecule has 30 heavy (non-hydrogen) atoms. The van der Waals surface area contributed by atoms with Crippen LogP contribution in [0.5, 0.6) is 0 Å². The number of para-hydroxylation sites is 1. The minimum atomic E-state index is -0.303. The normalized spacial score (nSPS) is 10.3. The summed E-state index contributed by atoms with van der Waals surface area (Å²) in [6, 6.07) is 28.3. The fourth-order valence-electron chi connectivity index (χ4n) is 3.03. The quantitative estimate of drug-likeness (QED) is 0.397. The van der Waals surface area contributed by atoms with E-state index in [0.29, 0.717) is 17.3 Å². The first-order chi connectivity index (χ1) is 14.7. The Hall–Kier alpha value is -4.19. The van der Waals surface area contributed by atoms with Gasteiger partial charge in [0.2, 0.25) is 0 Å². The standard InChI is InChI=1S/C24H21N5O/c1-17-25-22(18-9-4-2-5-10-18)16-23(26-17)27-20-13-8-14-21(15-20)29-24(30)28-19-11-6-3-7-12-19/h2-16H,1H3,(H,25,26,27)(H2,28,29,30). The molecule has 4 aromatic rings. The molecule has 0 atom stereocenters. The van der Waals surface area contributed by atoms with E-state index in [1.165, 1.54) is 0 Å². The smallest absolute Gasteiger partial charge is 0.323 e. The van der Waals surface area contributed by atoms with Crippen LogP contribution in [0.3, 0.4) is 0 Å². The van der Waals surface area contributed by atoms with Crippen LogP contribution in [0.15, 0.2) is 91.0 Å². The van der Waals surface area contributed by atoms with E-state index in [9.17, 15) is 4.79 Å². The molecule has 0 aliphatic heterocycles. The van der Waals surface area contributed by atoms with Gasteiger partial charge in [0.15, 0.2) is 0 Å². The lowest BCUT2D eigenvalue weighted by molar-refractivity contribution is 0.262. The lowest BCUT2D eigenvalue weighted by atomic mass is 10.1. The van der Waals surface area contributed by atoms with E-state index in [0.717, 1.165) is 22.6 Å². The van der Waals surface area contributed by atoms with Crippen molar-refractivity contribution in [1.29, 1.82) is 0 Å². The lowest BCUT2D eigenvalue weighted by Crippen LogP contribution is -2.19. The molecule has 4 rings (SSSR count). The Morgan fingerprint density at radius 3 is 2.10 bits per heavy atom. The highest BCUT2D eigenvalue weighted by molar-refractivity contribution is 6.00. The van der Waals surface area contributed by atoms with Crippen molar-refractivity contribution < 1.29 is 4.79 Å². The summed E-state index contributed by atoms with van der Waals surface area (Å²) in [6.07, 6.45) is 0. The second-order valence-electron chi connectivity index (χ2n) is 6.70. The van der Waals surface area contributed by atoms with Crippen LogP contribution in [0.1, 0.15) is 5.82 Å². The van der Waals surface area contributed by atoms with Crippen molar-refractivity contribution in [3.05, 3.63) is 96.8 Å². The summed E-state index contributed by atoms with van der Waals surface area (Å²) in [5.74, 6) is 1.36. The summed E-state index contributed by atoms with van der Waals surface area (Å²) in [7, 11) is 0. The van der Waals surface area contributed by atoms with Gasteiger partial charge in [-0.05, 0) is 37.3 Å². The average Bonchev–Trinajstić information content (AvgIpc) is 2.75. The van der Waals surface area contributed by atoms with Crippen molar-refractivity contribution in [3.8, 4) is 11.3 Å². The second-order valence-corrected chi connectivity index (χ2v) is 6.70. The molecular weight excluding hydrogens is 374 g/mol. The van der Waals surface area contributed by atoms with Crippen molar-refractivity contribution in [2.24, 2.45) is 0 Å². The van der Waals surface area contributed by atoms with Crippen molar-refractivity contribution in [1.82, 2.24) is 9.97 Å². The van der Waals surface area contributed by atoms with E-state index < -0.39 is 0 Å². The van der Waals surface area contributed by atoms with Crippen LogP contribution in [0.25, 0.3) is 11.3 Å². The Morgan fingerprint density at radius 1 is 0.700 bits per heavy atom. The first kappa shape index (κ1) is 19.1. The minimum absolute atomic E-state index is 0.303. The molecule has 6 heteroatoms. The summed E-state index contributed by atoms with van der Waals surface area (Å²) < 4.78 is 0. The largest absolute Gasteiger partial charge is 0.340 e. The third kappa shape index (κ3) is 4.99. The third-order valence-electron chi connectivity index (χ3n) is 4.33. The van der Waals surface area contributed by atoms with Crippen LogP contribution in [0.4, 0.5) is 27.7 Å². The number of nitrogens with zero attached hydrogens (tertiary/aromatic N) is 2. The van der Waals surface area contributed by atoms with Crippen LogP contribution >= 0.6 is 0 Å². The highest BCUT2D eigenvalue weighted by Crippen LogP contribution is 2.23. The van der Waals surface area contributed by atoms with Gasteiger partial charge in [-0.15, -0.1) is 0 Å². The van der Waals surface area contributed by atoms with Gasteiger partial charge in [0.05, 0.1) is 5.69 Å². The molecule has 0 saturated carbocycles. The number of benzene rings is 3. The fourth-order valence-corrected chi connectivity index (χ4v) is 3.03. The molecule has 0 aliphatic rings. The number of amides is 2. The van der Waals surface area contributed by atoms with Gasteiger partial charge in [-0.1, -0.05) is 54.6 Å². The molecule has 2 amide bonds. The Morgan fingerprint density at radius 2 is 1.33 bits per heavy atom. The number of aromatic nitrogens is 2. The summed E-state index contributed by atoms with van der Waals surface area (Å²) in [5, 5.41) is 8.94. The Kier molecular flexibility index (Phi) is 5.66. The van der Waals surface area contributed by atoms with E-state index in [4.69, 9.17) is 0 Å². The van der Waals surface area contributed by atoms with E-state index in [-0.39, 0.29) is 6.03 Å². The zero-order chi connectivity index (χ0) is 20.8. The molecule has 3 aromatic carbocycles. The monoisotopic (exact) mass is 395 g/mol. The summed E-state index contributed by atoms with van der Waals surface area (Å²) in [6.45, 7) is 1.86. The molecule has 1 aromatic heterocycles. The van der Waals surface area contributed by atoms with Gasteiger partial charge in [-0.3, -0.25) is 0 Å². The number of nitrogens with one attached hydrogen (secondary N) is 3. The molecule has 0 spiro atoms. The molecule has 0 bridgehead atoms. The molecule has 0 saturated heterocycles. The Balaban J connectivity index is 1.48. The Bertz CT molecular complexity index is 1150. The maximum absolute atomic E-state index is 12.2. The average molecular weight is 395 g/mol. The maximum atomic E-state index is 12.2. The predicted octanol–water partition coefficient (Wildman–Crippen LogP) is 5.84. The summed E-state index contributed by atoms with van der Waals surface area (Å²) in [4.78, 5) is 21.2. The molecule has 0 aliphatic carbocycles. The molecular formula is C24H21N5O. The summed E-state index contributed by atoms with van der Waals surface area (Å²) in [5.41, 5.74) is 4.09. The molecule has 6 nitrogen and oxygen atoms in total.